The molecule has 1 N–H and O–H groups in total. The zero-order chi connectivity index (χ0) is 21.3. The highest BCUT2D eigenvalue weighted by Gasteiger charge is 2.15. The van der Waals surface area contributed by atoms with Gasteiger partial charge in [-0.2, -0.15) is 5.10 Å². The molecule has 5 nitrogen and oxygen atoms in total. The number of aryl methyl sites for hydroxylation is 5. The van der Waals surface area contributed by atoms with Gasteiger partial charge in [-0.05, 0) is 54.5 Å². The third kappa shape index (κ3) is 6.09. The normalized spacial score (nSPS) is 11.1. The SMILES string of the molecule is CCc1cccc(CC)c1N(CNSCCn1cc(C)cn1)Cc1cncc(C)c1. The van der Waals surface area contributed by atoms with Crippen LogP contribution in [0.3, 0.4) is 0 Å². The van der Waals surface area contributed by atoms with Crippen molar-refractivity contribution in [3.63, 3.8) is 0 Å². The molecule has 0 saturated carbocycles. The molecule has 0 aliphatic heterocycles. The van der Waals surface area contributed by atoms with Gasteiger partial charge in [0.1, 0.15) is 0 Å². The first kappa shape index (κ1) is 22.4. The first-order chi connectivity index (χ1) is 14.6. The summed E-state index contributed by atoms with van der Waals surface area (Å²) in [6.07, 6.45) is 9.94. The maximum atomic E-state index is 4.40. The Kier molecular flexibility index (Phi) is 8.34. The van der Waals surface area contributed by atoms with E-state index in [1.807, 2.05) is 23.3 Å². The number of nitrogens with one attached hydrogen (secondary N) is 1. The highest BCUT2D eigenvalue weighted by molar-refractivity contribution is 7.97. The van der Waals surface area contributed by atoms with Gasteiger partial charge in [-0.1, -0.05) is 50.1 Å². The van der Waals surface area contributed by atoms with Crippen LogP contribution in [0.2, 0.25) is 0 Å². The lowest BCUT2D eigenvalue weighted by Crippen LogP contribution is -2.32. The molecule has 0 aliphatic rings. The summed E-state index contributed by atoms with van der Waals surface area (Å²) >= 11 is 1.75. The number of anilines is 1. The van der Waals surface area contributed by atoms with Gasteiger partial charge < -0.3 is 4.90 Å². The number of para-hydroxylation sites is 1. The molecule has 0 fully saturated rings. The third-order valence-corrected chi connectivity index (χ3v) is 5.85. The second-order valence-electron chi connectivity index (χ2n) is 7.63. The molecular formula is C24H33N5S. The Bertz CT molecular complexity index is 915. The molecule has 30 heavy (non-hydrogen) atoms. The highest BCUT2D eigenvalue weighted by atomic mass is 32.2. The maximum absolute atomic E-state index is 4.40. The van der Waals surface area contributed by atoms with E-state index < -0.39 is 0 Å². The minimum atomic E-state index is 0.779. The van der Waals surface area contributed by atoms with Crippen LogP contribution in [-0.4, -0.2) is 27.2 Å². The van der Waals surface area contributed by atoms with E-state index >= 15 is 0 Å². The number of hydrogen-bond acceptors (Lipinski definition) is 5. The van der Waals surface area contributed by atoms with Crippen molar-refractivity contribution in [1.82, 2.24) is 19.5 Å². The van der Waals surface area contributed by atoms with Crippen LogP contribution in [0.15, 0.2) is 49.1 Å². The van der Waals surface area contributed by atoms with E-state index in [1.54, 1.807) is 11.9 Å². The molecule has 3 aromatic rings. The number of aromatic nitrogens is 3. The van der Waals surface area contributed by atoms with Gasteiger partial charge in [-0.3, -0.25) is 9.67 Å². The minimum Gasteiger partial charge on any atom is -0.353 e. The molecule has 2 heterocycles. The van der Waals surface area contributed by atoms with Crippen LogP contribution >= 0.6 is 11.9 Å². The summed E-state index contributed by atoms with van der Waals surface area (Å²) in [4.78, 5) is 6.86. The van der Waals surface area contributed by atoms with Crippen molar-refractivity contribution in [2.45, 2.75) is 53.6 Å². The first-order valence-corrected chi connectivity index (χ1v) is 11.7. The molecule has 6 heteroatoms. The van der Waals surface area contributed by atoms with Gasteiger partial charge in [0.2, 0.25) is 0 Å². The van der Waals surface area contributed by atoms with Gasteiger partial charge in [-0.25, -0.2) is 4.72 Å². The average Bonchev–Trinajstić information content (AvgIpc) is 3.17. The molecule has 3 rings (SSSR count). The smallest absolute Gasteiger partial charge is 0.0778 e. The number of pyridine rings is 1. The number of rotatable bonds is 11. The molecule has 0 spiro atoms. The Balaban J connectivity index is 1.71. The monoisotopic (exact) mass is 423 g/mol. The summed E-state index contributed by atoms with van der Waals surface area (Å²) in [5.74, 6) is 0.969. The van der Waals surface area contributed by atoms with E-state index in [4.69, 9.17) is 0 Å². The van der Waals surface area contributed by atoms with Gasteiger partial charge in [-0.15, -0.1) is 0 Å². The Morgan fingerprint density at radius 3 is 2.43 bits per heavy atom. The predicted molar refractivity (Wildman–Crippen MR) is 128 cm³/mol. The van der Waals surface area contributed by atoms with Crippen molar-refractivity contribution in [3.05, 3.63) is 76.9 Å². The average molecular weight is 424 g/mol. The number of hydrogen-bond donors (Lipinski definition) is 1. The van der Waals surface area contributed by atoms with Crippen LogP contribution in [0.4, 0.5) is 5.69 Å². The fourth-order valence-electron chi connectivity index (χ4n) is 3.68. The highest BCUT2D eigenvalue weighted by Crippen LogP contribution is 2.28. The predicted octanol–water partition coefficient (Wildman–Crippen LogP) is 4.92. The molecule has 2 aromatic heterocycles. The van der Waals surface area contributed by atoms with E-state index in [-0.39, 0.29) is 0 Å². The molecular weight excluding hydrogens is 390 g/mol. The van der Waals surface area contributed by atoms with Gasteiger partial charge in [0.05, 0.1) is 19.4 Å². The quantitative estimate of drug-likeness (QED) is 0.269. The molecule has 0 amide bonds. The fraction of sp³-hybridized carbons (Fsp3) is 0.417. The summed E-state index contributed by atoms with van der Waals surface area (Å²) in [5.41, 5.74) is 7.79. The van der Waals surface area contributed by atoms with E-state index in [0.29, 0.717) is 0 Å². The van der Waals surface area contributed by atoms with Crippen molar-refractivity contribution in [1.29, 1.82) is 0 Å². The van der Waals surface area contributed by atoms with Gasteiger partial charge in [0.25, 0.3) is 0 Å². The molecule has 160 valence electrons. The van der Waals surface area contributed by atoms with Crippen LogP contribution in [0.1, 0.15) is 41.7 Å². The van der Waals surface area contributed by atoms with Crippen molar-refractivity contribution in [3.8, 4) is 0 Å². The number of nitrogens with zero attached hydrogens (tertiary/aromatic N) is 4. The third-order valence-electron chi connectivity index (χ3n) is 5.13. The Morgan fingerprint density at radius 2 is 1.80 bits per heavy atom. The van der Waals surface area contributed by atoms with Crippen LogP contribution in [-0.2, 0) is 25.9 Å². The van der Waals surface area contributed by atoms with Crippen molar-refractivity contribution in [2.75, 3.05) is 17.3 Å². The summed E-state index contributed by atoms with van der Waals surface area (Å²) in [5, 5.41) is 4.36. The van der Waals surface area contributed by atoms with Crippen LogP contribution < -0.4 is 9.62 Å². The van der Waals surface area contributed by atoms with Crippen LogP contribution in [0.5, 0.6) is 0 Å². The van der Waals surface area contributed by atoms with Crippen LogP contribution in [0, 0.1) is 13.8 Å². The molecule has 0 radical (unpaired) electrons. The maximum Gasteiger partial charge on any atom is 0.0778 e. The summed E-state index contributed by atoms with van der Waals surface area (Å²) in [6, 6.07) is 8.92. The Labute approximate surface area is 185 Å². The molecule has 1 aromatic carbocycles. The van der Waals surface area contributed by atoms with Gasteiger partial charge in [0.15, 0.2) is 0 Å². The number of benzene rings is 1. The largest absolute Gasteiger partial charge is 0.353 e. The Hall–Kier alpha value is -2.31. The standard InChI is InChI=1S/C24H33N5S/c1-5-22-8-7-9-23(6-2)24(22)28(17-21-12-19(3)13-25-15-21)18-27-30-11-10-29-16-20(4)14-26-29/h7-9,12-16,27H,5-6,10-11,17-18H2,1-4H3. The lowest BCUT2D eigenvalue weighted by molar-refractivity contribution is 0.664. The van der Waals surface area contributed by atoms with Gasteiger partial charge >= 0.3 is 0 Å². The zero-order valence-corrected chi connectivity index (χ0v) is 19.4. The van der Waals surface area contributed by atoms with E-state index in [1.165, 1.54) is 33.5 Å². The van der Waals surface area contributed by atoms with Crippen LogP contribution in [0.25, 0.3) is 0 Å². The fourth-order valence-corrected chi connectivity index (χ4v) is 4.35. The zero-order valence-electron chi connectivity index (χ0n) is 18.6. The molecule has 0 atom stereocenters. The lowest BCUT2D eigenvalue weighted by atomic mass is 10.0. The second-order valence-corrected chi connectivity index (χ2v) is 8.62. The second kappa shape index (κ2) is 11.2. The van der Waals surface area contributed by atoms with Crippen molar-refractivity contribution < 1.29 is 0 Å². The molecule has 0 saturated heterocycles. The summed E-state index contributed by atoms with van der Waals surface area (Å²) in [6.45, 7) is 11.2. The lowest BCUT2D eigenvalue weighted by Gasteiger charge is -2.29. The Morgan fingerprint density at radius 1 is 1.03 bits per heavy atom. The minimum absolute atomic E-state index is 0.779. The summed E-state index contributed by atoms with van der Waals surface area (Å²) in [7, 11) is 0. The van der Waals surface area contributed by atoms with Crippen molar-refractivity contribution in [2.24, 2.45) is 0 Å². The van der Waals surface area contributed by atoms with Crippen molar-refractivity contribution >= 4 is 17.6 Å². The molecule has 0 aliphatic carbocycles. The molecule has 0 unspecified atom stereocenters. The van der Waals surface area contributed by atoms with E-state index in [0.717, 1.165) is 38.4 Å². The topological polar surface area (TPSA) is 46.0 Å². The van der Waals surface area contributed by atoms with E-state index in [9.17, 15) is 0 Å². The summed E-state index contributed by atoms with van der Waals surface area (Å²) < 4.78 is 5.58. The molecule has 0 bridgehead atoms. The van der Waals surface area contributed by atoms with Gasteiger partial charge in [0, 0.05) is 36.6 Å². The van der Waals surface area contributed by atoms with E-state index in [2.05, 4.69) is 77.9 Å². The first-order valence-electron chi connectivity index (χ1n) is 10.7.